The molecule has 0 unspecified atom stereocenters. The smallest absolute Gasteiger partial charge is 0.222 e. The van der Waals surface area contributed by atoms with Crippen molar-refractivity contribution >= 4 is 18.3 Å². The van der Waals surface area contributed by atoms with Gasteiger partial charge < -0.3 is 10.2 Å². The molecule has 2 saturated heterocycles. The Kier molecular flexibility index (Phi) is 4.00. The van der Waals surface area contributed by atoms with E-state index in [4.69, 9.17) is 0 Å². The topological polar surface area (TPSA) is 32.3 Å². The third kappa shape index (κ3) is 2.58. The number of nitrogens with zero attached hydrogens (tertiary/aromatic N) is 1. The number of carbonyl (C=O) groups excluding carboxylic acids is 1. The SMILES string of the molecule is Cl.O=C(C[C@@H]1CCNC1)N1CCC1. The highest BCUT2D eigenvalue weighted by Gasteiger charge is 2.24. The average molecular weight is 205 g/mol. The summed E-state index contributed by atoms with van der Waals surface area (Å²) in [5.41, 5.74) is 0. The summed E-state index contributed by atoms with van der Waals surface area (Å²) in [6.07, 6.45) is 3.15. The first-order chi connectivity index (χ1) is 5.86. The van der Waals surface area contributed by atoms with Gasteiger partial charge in [0.25, 0.3) is 0 Å². The van der Waals surface area contributed by atoms with Crippen LogP contribution in [0.5, 0.6) is 0 Å². The molecule has 0 aromatic carbocycles. The zero-order valence-electron chi connectivity index (χ0n) is 7.79. The molecule has 4 heteroatoms. The molecule has 1 N–H and O–H groups in total. The number of hydrogen-bond acceptors (Lipinski definition) is 2. The van der Waals surface area contributed by atoms with Gasteiger partial charge in [0, 0.05) is 19.5 Å². The highest BCUT2D eigenvalue weighted by Crippen LogP contribution is 2.16. The fraction of sp³-hybridized carbons (Fsp3) is 0.889. The van der Waals surface area contributed by atoms with E-state index in [-0.39, 0.29) is 12.4 Å². The van der Waals surface area contributed by atoms with E-state index in [1.807, 2.05) is 4.90 Å². The summed E-state index contributed by atoms with van der Waals surface area (Å²) in [4.78, 5) is 13.4. The van der Waals surface area contributed by atoms with E-state index in [0.717, 1.165) is 32.6 Å². The second kappa shape index (κ2) is 4.82. The number of amides is 1. The first-order valence-electron chi connectivity index (χ1n) is 4.85. The molecule has 2 aliphatic rings. The van der Waals surface area contributed by atoms with Gasteiger partial charge in [-0.2, -0.15) is 0 Å². The van der Waals surface area contributed by atoms with E-state index in [2.05, 4.69) is 5.32 Å². The summed E-state index contributed by atoms with van der Waals surface area (Å²) < 4.78 is 0. The van der Waals surface area contributed by atoms with Crippen LogP contribution in [0, 0.1) is 5.92 Å². The quantitative estimate of drug-likeness (QED) is 0.716. The molecule has 76 valence electrons. The first kappa shape index (κ1) is 10.8. The second-order valence-corrected chi connectivity index (χ2v) is 3.80. The molecule has 3 nitrogen and oxygen atoms in total. The van der Waals surface area contributed by atoms with Gasteiger partial charge in [-0.05, 0) is 31.8 Å². The van der Waals surface area contributed by atoms with Crippen LogP contribution in [0.2, 0.25) is 0 Å². The molecule has 0 saturated carbocycles. The third-order valence-electron chi connectivity index (χ3n) is 2.83. The minimum absolute atomic E-state index is 0. The van der Waals surface area contributed by atoms with E-state index in [1.165, 1.54) is 12.8 Å². The lowest BCUT2D eigenvalue weighted by atomic mass is 10.0. The Morgan fingerprint density at radius 3 is 2.69 bits per heavy atom. The fourth-order valence-corrected chi connectivity index (χ4v) is 1.83. The van der Waals surface area contributed by atoms with E-state index >= 15 is 0 Å². The van der Waals surface area contributed by atoms with Gasteiger partial charge in [-0.15, -0.1) is 12.4 Å². The molecular weight excluding hydrogens is 188 g/mol. The van der Waals surface area contributed by atoms with Crippen LogP contribution in [0.15, 0.2) is 0 Å². The van der Waals surface area contributed by atoms with Crippen molar-refractivity contribution < 1.29 is 4.79 Å². The lowest BCUT2D eigenvalue weighted by Gasteiger charge is -2.31. The van der Waals surface area contributed by atoms with Crippen molar-refractivity contribution in [3.05, 3.63) is 0 Å². The standard InChI is InChI=1S/C9H16N2O.ClH/c12-9(11-4-1-5-11)6-8-2-3-10-7-8;/h8,10H,1-7H2;1H/t8-;/m0./s1. The molecule has 2 heterocycles. The number of rotatable bonds is 2. The second-order valence-electron chi connectivity index (χ2n) is 3.80. The van der Waals surface area contributed by atoms with Crippen molar-refractivity contribution in [1.82, 2.24) is 10.2 Å². The molecule has 1 atom stereocenters. The zero-order chi connectivity index (χ0) is 8.39. The van der Waals surface area contributed by atoms with Crippen LogP contribution in [-0.4, -0.2) is 37.0 Å². The van der Waals surface area contributed by atoms with Crippen LogP contribution in [0.3, 0.4) is 0 Å². The first-order valence-corrected chi connectivity index (χ1v) is 4.85. The van der Waals surface area contributed by atoms with Crippen molar-refractivity contribution in [2.24, 2.45) is 5.92 Å². The maximum atomic E-state index is 11.5. The minimum atomic E-state index is 0. The lowest BCUT2D eigenvalue weighted by molar-refractivity contribution is -0.135. The van der Waals surface area contributed by atoms with Crippen molar-refractivity contribution in [3.63, 3.8) is 0 Å². The van der Waals surface area contributed by atoms with Crippen LogP contribution >= 0.6 is 12.4 Å². The molecule has 13 heavy (non-hydrogen) atoms. The van der Waals surface area contributed by atoms with Gasteiger partial charge in [-0.25, -0.2) is 0 Å². The Balaban J connectivity index is 0.000000845. The van der Waals surface area contributed by atoms with Crippen LogP contribution in [-0.2, 0) is 4.79 Å². The molecule has 0 aromatic rings. The van der Waals surface area contributed by atoms with Gasteiger partial charge in [-0.1, -0.05) is 0 Å². The van der Waals surface area contributed by atoms with Crippen LogP contribution in [0.4, 0.5) is 0 Å². The monoisotopic (exact) mass is 204 g/mol. The Bertz CT molecular complexity index is 176. The van der Waals surface area contributed by atoms with E-state index in [0.29, 0.717) is 11.8 Å². The third-order valence-corrected chi connectivity index (χ3v) is 2.83. The van der Waals surface area contributed by atoms with Crippen molar-refractivity contribution in [2.45, 2.75) is 19.3 Å². The van der Waals surface area contributed by atoms with Gasteiger partial charge >= 0.3 is 0 Å². The number of carbonyl (C=O) groups is 1. The summed E-state index contributed by atoms with van der Waals surface area (Å²) in [6.45, 7) is 4.13. The predicted octanol–water partition coefficient (Wildman–Crippen LogP) is 0.640. The van der Waals surface area contributed by atoms with Crippen molar-refractivity contribution in [3.8, 4) is 0 Å². The molecule has 2 aliphatic heterocycles. The maximum absolute atomic E-state index is 11.5. The number of hydrogen-bond donors (Lipinski definition) is 1. The summed E-state index contributed by atoms with van der Waals surface area (Å²) in [7, 11) is 0. The molecule has 1 amide bonds. The largest absolute Gasteiger partial charge is 0.343 e. The number of nitrogens with one attached hydrogen (secondary N) is 1. The molecule has 2 rings (SSSR count). The molecule has 0 bridgehead atoms. The van der Waals surface area contributed by atoms with Crippen molar-refractivity contribution in [2.75, 3.05) is 26.2 Å². The Labute approximate surface area is 85.3 Å². The van der Waals surface area contributed by atoms with Gasteiger partial charge in [0.2, 0.25) is 5.91 Å². The molecule has 2 fully saturated rings. The number of likely N-dealkylation sites (tertiary alicyclic amines) is 1. The lowest BCUT2D eigenvalue weighted by Crippen LogP contribution is -2.42. The molecular formula is C9H17ClN2O. The van der Waals surface area contributed by atoms with E-state index in [9.17, 15) is 4.79 Å². The summed E-state index contributed by atoms with van der Waals surface area (Å²) in [5, 5.41) is 3.28. The summed E-state index contributed by atoms with van der Waals surface area (Å²) >= 11 is 0. The Morgan fingerprint density at radius 1 is 1.46 bits per heavy atom. The van der Waals surface area contributed by atoms with Crippen molar-refractivity contribution in [1.29, 1.82) is 0 Å². The molecule has 0 spiro atoms. The maximum Gasteiger partial charge on any atom is 0.222 e. The van der Waals surface area contributed by atoms with E-state index in [1.54, 1.807) is 0 Å². The van der Waals surface area contributed by atoms with Gasteiger partial charge in [0.05, 0.1) is 0 Å². The Morgan fingerprint density at radius 2 is 2.23 bits per heavy atom. The zero-order valence-corrected chi connectivity index (χ0v) is 8.61. The average Bonchev–Trinajstić information content (AvgIpc) is 2.34. The molecule has 0 radical (unpaired) electrons. The van der Waals surface area contributed by atoms with Gasteiger partial charge in [0.15, 0.2) is 0 Å². The highest BCUT2D eigenvalue weighted by atomic mass is 35.5. The predicted molar refractivity (Wildman–Crippen MR) is 54.0 cm³/mol. The summed E-state index contributed by atoms with van der Waals surface area (Å²) in [6, 6.07) is 0. The highest BCUT2D eigenvalue weighted by molar-refractivity contribution is 5.85. The van der Waals surface area contributed by atoms with Gasteiger partial charge in [0.1, 0.15) is 0 Å². The van der Waals surface area contributed by atoms with Crippen LogP contribution in [0.1, 0.15) is 19.3 Å². The minimum Gasteiger partial charge on any atom is -0.343 e. The van der Waals surface area contributed by atoms with E-state index < -0.39 is 0 Å². The Hall–Kier alpha value is -0.280. The molecule has 0 aromatic heterocycles. The van der Waals surface area contributed by atoms with Gasteiger partial charge in [-0.3, -0.25) is 4.79 Å². The molecule has 0 aliphatic carbocycles. The summed E-state index contributed by atoms with van der Waals surface area (Å²) in [5.74, 6) is 0.980. The van der Waals surface area contributed by atoms with Crippen LogP contribution in [0.25, 0.3) is 0 Å². The number of halogens is 1. The van der Waals surface area contributed by atoms with Crippen LogP contribution < -0.4 is 5.32 Å². The fourth-order valence-electron chi connectivity index (χ4n) is 1.83. The normalized spacial score (nSPS) is 26.5.